The van der Waals surface area contributed by atoms with Crippen LogP contribution < -0.4 is 11.1 Å². The van der Waals surface area contributed by atoms with E-state index in [1.165, 1.54) is 17.7 Å². The van der Waals surface area contributed by atoms with E-state index in [1.807, 2.05) is 77.1 Å². The first-order valence-corrected chi connectivity index (χ1v) is 11.4. The molecule has 0 aliphatic carbocycles. The predicted molar refractivity (Wildman–Crippen MR) is 124 cm³/mol. The zero-order valence-corrected chi connectivity index (χ0v) is 18.1. The van der Waals surface area contributed by atoms with Gasteiger partial charge >= 0.3 is 0 Å². The standard InChI is InChI=1S/C26H26FN5O/c27-20-8-6-19(7-9-20)25-24(18-12-14-29-15-13-18)21-10-11-23-30-26(21)32(25)33-31(23)16-22(28)17-4-2-1-3-5-17/h1-9,12-15,21-23,26,30H,10-11,16,28H2/t21?,22-,23?,26?/m0/s1. The fourth-order valence-corrected chi connectivity index (χ4v) is 5.28. The lowest BCUT2D eigenvalue weighted by Crippen LogP contribution is -2.66. The molecule has 4 atom stereocenters. The number of fused-ring (bicyclic) bond motifs is 1. The summed E-state index contributed by atoms with van der Waals surface area (Å²) in [6, 6.07) is 20.6. The fraction of sp³-hybridized carbons (Fsp3) is 0.269. The Kier molecular flexibility index (Phi) is 5.19. The highest BCUT2D eigenvalue weighted by atomic mass is 19.1. The number of hydrogen-bond acceptors (Lipinski definition) is 6. The van der Waals surface area contributed by atoms with Crippen molar-refractivity contribution >= 4 is 11.3 Å². The molecule has 1 aromatic heterocycles. The summed E-state index contributed by atoms with van der Waals surface area (Å²) in [6.45, 7) is 0.552. The molecule has 6 rings (SSSR count). The maximum absolute atomic E-state index is 13.7. The van der Waals surface area contributed by atoms with Crippen LogP contribution in [0.5, 0.6) is 0 Å². The van der Waals surface area contributed by atoms with Crippen LogP contribution in [0.15, 0.2) is 79.1 Å². The molecule has 3 unspecified atom stereocenters. The second kappa shape index (κ2) is 8.35. The topological polar surface area (TPSA) is 66.6 Å². The first kappa shape index (κ1) is 20.5. The average molecular weight is 444 g/mol. The normalized spacial score (nSPS) is 25.4. The molecule has 0 radical (unpaired) electrons. The summed E-state index contributed by atoms with van der Waals surface area (Å²) in [5, 5.41) is 7.69. The lowest BCUT2D eigenvalue weighted by Gasteiger charge is -2.49. The molecule has 0 saturated carbocycles. The third-order valence-corrected chi connectivity index (χ3v) is 6.85. The van der Waals surface area contributed by atoms with Crippen molar-refractivity contribution < 1.29 is 9.33 Å². The van der Waals surface area contributed by atoms with E-state index in [-0.39, 0.29) is 30.1 Å². The summed E-state index contributed by atoms with van der Waals surface area (Å²) < 4.78 is 13.7. The van der Waals surface area contributed by atoms with E-state index in [4.69, 9.17) is 10.7 Å². The van der Waals surface area contributed by atoms with Crippen molar-refractivity contribution in [2.45, 2.75) is 31.2 Å². The molecular weight excluding hydrogens is 417 g/mol. The maximum Gasteiger partial charge on any atom is 0.123 e. The van der Waals surface area contributed by atoms with Crippen LogP contribution in [0.1, 0.15) is 35.6 Å². The molecule has 3 aliphatic heterocycles. The zero-order valence-electron chi connectivity index (χ0n) is 18.1. The van der Waals surface area contributed by atoms with Crippen LogP contribution in [0.2, 0.25) is 0 Å². The number of halogens is 1. The van der Waals surface area contributed by atoms with E-state index in [0.29, 0.717) is 6.54 Å². The zero-order chi connectivity index (χ0) is 22.4. The van der Waals surface area contributed by atoms with Gasteiger partial charge in [-0.25, -0.2) is 9.45 Å². The van der Waals surface area contributed by atoms with Gasteiger partial charge in [-0.15, -0.1) is 5.06 Å². The summed E-state index contributed by atoms with van der Waals surface area (Å²) in [5.41, 5.74) is 11.8. The third-order valence-electron chi connectivity index (χ3n) is 6.85. The highest BCUT2D eigenvalue weighted by molar-refractivity contribution is 5.93. The van der Waals surface area contributed by atoms with Crippen LogP contribution in [0, 0.1) is 11.7 Å². The van der Waals surface area contributed by atoms with Gasteiger partial charge in [-0.05, 0) is 65.9 Å². The molecule has 0 spiro atoms. The Morgan fingerprint density at radius 3 is 2.52 bits per heavy atom. The van der Waals surface area contributed by atoms with E-state index in [2.05, 4.69) is 10.3 Å². The lowest BCUT2D eigenvalue weighted by molar-refractivity contribution is -0.373. The number of piperidine rings is 1. The Labute approximate surface area is 192 Å². The molecule has 33 heavy (non-hydrogen) atoms. The molecule has 2 bridgehead atoms. The molecule has 168 valence electrons. The summed E-state index contributed by atoms with van der Waals surface area (Å²) in [7, 11) is 0. The van der Waals surface area contributed by atoms with Gasteiger partial charge in [-0.1, -0.05) is 30.3 Å². The quantitative estimate of drug-likeness (QED) is 0.623. The van der Waals surface area contributed by atoms with Crippen LogP contribution in [0.4, 0.5) is 4.39 Å². The summed E-state index contributed by atoms with van der Waals surface area (Å²) in [5.74, 6) is 0.00193. The number of hydrogen-bond donors (Lipinski definition) is 2. The molecular formula is C26H26FN5O. The Morgan fingerprint density at radius 2 is 1.76 bits per heavy atom. The van der Waals surface area contributed by atoms with Gasteiger partial charge in [-0.3, -0.25) is 10.3 Å². The summed E-state index contributed by atoms with van der Waals surface area (Å²) >= 11 is 0. The maximum atomic E-state index is 13.7. The van der Waals surface area contributed by atoms with E-state index >= 15 is 0 Å². The monoisotopic (exact) mass is 443 g/mol. The smallest absolute Gasteiger partial charge is 0.123 e. The third kappa shape index (κ3) is 3.63. The van der Waals surface area contributed by atoms with Crippen LogP contribution in [-0.4, -0.2) is 34.0 Å². The molecule has 7 heteroatoms. The first-order chi connectivity index (χ1) is 16.2. The minimum absolute atomic E-state index is 0.0103. The van der Waals surface area contributed by atoms with Crippen molar-refractivity contribution in [1.82, 2.24) is 20.4 Å². The molecule has 2 aromatic carbocycles. The molecule has 2 saturated heterocycles. The number of nitrogens with two attached hydrogens (primary N) is 1. The lowest BCUT2D eigenvalue weighted by atomic mass is 9.85. The highest BCUT2D eigenvalue weighted by Crippen LogP contribution is 2.50. The second-order valence-corrected chi connectivity index (χ2v) is 8.84. The summed E-state index contributed by atoms with van der Waals surface area (Å²) in [4.78, 5) is 10.7. The molecule has 3 aliphatic rings. The van der Waals surface area contributed by atoms with Gasteiger partial charge in [0.2, 0.25) is 0 Å². The number of hydroxylamine groups is 4. The second-order valence-electron chi connectivity index (χ2n) is 8.84. The molecule has 3 aromatic rings. The van der Waals surface area contributed by atoms with E-state index in [1.54, 1.807) is 0 Å². The summed E-state index contributed by atoms with van der Waals surface area (Å²) in [6.07, 6.45) is 5.68. The minimum atomic E-state index is -0.256. The van der Waals surface area contributed by atoms with Gasteiger partial charge in [-0.2, -0.15) is 4.94 Å². The number of benzene rings is 2. The molecule has 0 amide bonds. The molecule has 6 nitrogen and oxygen atoms in total. The van der Waals surface area contributed by atoms with Gasteiger partial charge in [0.05, 0.1) is 11.9 Å². The number of nitrogens with zero attached hydrogens (tertiary/aromatic N) is 3. The van der Waals surface area contributed by atoms with Crippen molar-refractivity contribution in [2.75, 3.05) is 6.54 Å². The minimum Gasteiger partial charge on any atom is -0.323 e. The van der Waals surface area contributed by atoms with Gasteiger partial charge in [0.1, 0.15) is 12.0 Å². The van der Waals surface area contributed by atoms with Crippen molar-refractivity contribution in [3.05, 3.63) is 102 Å². The van der Waals surface area contributed by atoms with Gasteiger partial charge in [0.25, 0.3) is 0 Å². The number of aromatic nitrogens is 1. The van der Waals surface area contributed by atoms with Crippen LogP contribution >= 0.6 is 0 Å². The Morgan fingerprint density at radius 1 is 1.00 bits per heavy atom. The van der Waals surface area contributed by atoms with Crippen molar-refractivity contribution in [3.63, 3.8) is 0 Å². The van der Waals surface area contributed by atoms with E-state index in [9.17, 15) is 4.39 Å². The van der Waals surface area contributed by atoms with Gasteiger partial charge < -0.3 is 5.73 Å². The van der Waals surface area contributed by atoms with Crippen LogP contribution in [0.25, 0.3) is 11.3 Å². The molecule has 2 fully saturated rings. The largest absolute Gasteiger partial charge is 0.323 e. The Balaban J connectivity index is 1.39. The molecule has 4 heterocycles. The number of rotatable bonds is 5. The van der Waals surface area contributed by atoms with Gasteiger partial charge in [0, 0.05) is 36.5 Å². The van der Waals surface area contributed by atoms with Crippen LogP contribution in [0.3, 0.4) is 0 Å². The van der Waals surface area contributed by atoms with Crippen molar-refractivity contribution in [2.24, 2.45) is 11.7 Å². The number of nitrogens with one attached hydrogen (secondary N) is 1. The van der Waals surface area contributed by atoms with E-state index < -0.39 is 0 Å². The number of pyridine rings is 1. The van der Waals surface area contributed by atoms with Crippen molar-refractivity contribution in [3.8, 4) is 0 Å². The first-order valence-electron chi connectivity index (χ1n) is 11.4. The van der Waals surface area contributed by atoms with Gasteiger partial charge in [0.15, 0.2) is 0 Å². The Hall–Kier alpha value is -3.10. The average Bonchev–Trinajstić information content (AvgIpc) is 3.22. The van der Waals surface area contributed by atoms with E-state index in [0.717, 1.165) is 35.2 Å². The Bertz CT molecular complexity index is 1150. The SMILES string of the molecule is N[C@@H](CN1ON2C(c3ccc(F)cc3)=C(c3ccncc3)C3CCC1NC32)c1ccccc1. The predicted octanol–water partition coefficient (Wildman–Crippen LogP) is 3.92. The fourth-order valence-electron chi connectivity index (χ4n) is 5.28. The highest BCUT2D eigenvalue weighted by Gasteiger charge is 2.51. The molecule has 3 N–H and O–H groups in total. The van der Waals surface area contributed by atoms with Crippen LogP contribution in [-0.2, 0) is 4.94 Å². The van der Waals surface area contributed by atoms with Crippen molar-refractivity contribution in [1.29, 1.82) is 0 Å².